The molecular formula is C29H33N3O3S. The van der Waals surface area contributed by atoms with E-state index in [1.54, 1.807) is 29.2 Å². The van der Waals surface area contributed by atoms with Crippen molar-refractivity contribution in [2.24, 2.45) is 4.99 Å². The van der Waals surface area contributed by atoms with Crippen LogP contribution in [0, 0.1) is 13.8 Å². The Morgan fingerprint density at radius 1 is 1.08 bits per heavy atom. The third-order valence-electron chi connectivity index (χ3n) is 6.68. The van der Waals surface area contributed by atoms with E-state index in [2.05, 4.69) is 11.4 Å². The van der Waals surface area contributed by atoms with Gasteiger partial charge in [-0.15, -0.1) is 0 Å². The number of anilines is 1. The van der Waals surface area contributed by atoms with Crippen molar-refractivity contribution in [3.05, 3.63) is 70.8 Å². The zero-order chi connectivity index (χ0) is 25.7. The van der Waals surface area contributed by atoms with Gasteiger partial charge in [-0.05, 0) is 88.3 Å². The van der Waals surface area contributed by atoms with Crippen molar-refractivity contribution in [1.29, 1.82) is 0 Å². The number of benzene rings is 2. The molecule has 6 nitrogen and oxygen atoms in total. The fraction of sp³-hybridized carbons (Fsp3) is 0.379. The summed E-state index contributed by atoms with van der Waals surface area (Å²) in [4.78, 5) is 44.4. The number of rotatable bonds is 8. The molecule has 1 saturated heterocycles. The van der Waals surface area contributed by atoms with Crippen molar-refractivity contribution in [3.8, 4) is 0 Å². The van der Waals surface area contributed by atoms with Gasteiger partial charge in [0.25, 0.3) is 0 Å². The highest BCUT2D eigenvalue weighted by molar-refractivity contribution is 8.15. The summed E-state index contributed by atoms with van der Waals surface area (Å²) in [5, 5.41) is 3.09. The number of aliphatic imine (C=N–C) groups is 1. The molecule has 0 spiro atoms. The molecule has 1 atom stereocenters. The van der Waals surface area contributed by atoms with E-state index in [-0.39, 0.29) is 24.0 Å². The van der Waals surface area contributed by atoms with Gasteiger partial charge in [-0.2, -0.15) is 0 Å². The Labute approximate surface area is 217 Å². The van der Waals surface area contributed by atoms with Crippen LogP contribution in [0.1, 0.15) is 66.9 Å². The van der Waals surface area contributed by atoms with Gasteiger partial charge < -0.3 is 5.32 Å². The van der Waals surface area contributed by atoms with Gasteiger partial charge in [0.05, 0.1) is 5.69 Å². The standard InChI is InChI=1S/C29H33N3O3S/c1-19-8-7-9-20(2)27(19)31-26(34)18-25-28(35)32(17-16-22-10-5-4-6-11-22)29(36-25)30-24-14-12-23(13-15-24)21(3)33/h7-10,12-15,25H,4-6,11,16-18H2,1-3H3,(H,31,34)/t25-/m0/s1. The van der Waals surface area contributed by atoms with E-state index in [9.17, 15) is 14.4 Å². The van der Waals surface area contributed by atoms with Crippen LogP contribution in [0.25, 0.3) is 0 Å². The monoisotopic (exact) mass is 503 g/mol. The van der Waals surface area contributed by atoms with Crippen LogP contribution in [-0.2, 0) is 9.59 Å². The predicted octanol–water partition coefficient (Wildman–Crippen LogP) is 6.36. The number of ketones is 1. The highest BCUT2D eigenvalue weighted by Crippen LogP contribution is 2.33. The number of thioether (sulfide) groups is 1. The predicted molar refractivity (Wildman–Crippen MR) is 147 cm³/mol. The largest absolute Gasteiger partial charge is 0.326 e. The normalized spacial score (nSPS) is 18.9. The fourth-order valence-corrected chi connectivity index (χ4v) is 5.75. The Morgan fingerprint density at radius 3 is 2.44 bits per heavy atom. The molecule has 36 heavy (non-hydrogen) atoms. The van der Waals surface area contributed by atoms with Crippen LogP contribution in [0.15, 0.2) is 59.1 Å². The van der Waals surface area contributed by atoms with Gasteiger partial charge in [0, 0.05) is 24.2 Å². The Hall–Kier alpha value is -3.19. The maximum absolute atomic E-state index is 13.4. The number of carbonyl (C=O) groups is 3. The minimum Gasteiger partial charge on any atom is -0.326 e. The van der Waals surface area contributed by atoms with E-state index in [0.717, 1.165) is 36.1 Å². The van der Waals surface area contributed by atoms with Crippen molar-refractivity contribution in [1.82, 2.24) is 4.90 Å². The Kier molecular flexibility index (Phi) is 8.41. The summed E-state index contributed by atoms with van der Waals surface area (Å²) in [6.07, 6.45) is 7.79. The van der Waals surface area contributed by atoms with Crippen LogP contribution in [0.4, 0.5) is 11.4 Å². The smallest absolute Gasteiger partial charge is 0.242 e. The first-order chi connectivity index (χ1) is 17.3. The molecule has 1 N–H and O–H groups in total. The van der Waals surface area contributed by atoms with Crippen LogP contribution in [0.2, 0.25) is 0 Å². The summed E-state index contributed by atoms with van der Waals surface area (Å²) in [6, 6.07) is 13.0. The van der Waals surface area contributed by atoms with Crippen molar-refractivity contribution < 1.29 is 14.4 Å². The lowest BCUT2D eigenvalue weighted by atomic mass is 9.97. The first kappa shape index (κ1) is 25.9. The Morgan fingerprint density at radius 2 is 1.81 bits per heavy atom. The van der Waals surface area contributed by atoms with Crippen LogP contribution in [-0.4, -0.2) is 39.5 Å². The molecule has 0 bridgehead atoms. The van der Waals surface area contributed by atoms with Crippen molar-refractivity contribution >= 4 is 45.9 Å². The molecule has 1 aliphatic heterocycles. The molecular weight excluding hydrogens is 470 g/mol. The summed E-state index contributed by atoms with van der Waals surface area (Å²) in [5.41, 5.74) is 5.48. The molecule has 1 heterocycles. The van der Waals surface area contributed by atoms with E-state index in [0.29, 0.717) is 23.0 Å². The number of allylic oxidation sites excluding steroid dienone is 1. The number of aryl methyl sites for hydroxylation is 2. The highest BCUT2D eigenvalue weighted by Gasteiger charge is 2.39. The number of amides is 2. The molecule has 2 aliphatic rings. The van der Waals surface area contributed by atoms with Crippen LogP contribution in [0.3, 0.4) is 0 Å². The summed E-state index contributed by atoms with van der Waals surface area (Å²) in [6.45, 7) is 6.00. The van der Waals surface area contributed by atoms with E-state index in [1.165, 1.54) is 37.1 Å². The summed E-state index contributed by atoms with van der Waals surface area (Å²) >= 11 is 1.35. The van der Waals surface area contributed by atoms with Crippen LogP contribution in [0.5, 0.6) is 0 Å². The molecule has 0 aromatic heterocycles. The third-order valence-corrected chi connectivity index (χ3v) is 7.85. The molecule has 188 valence electrons. The lowest BCUT2D eigenvalue weighted by Gasteiger charge is -2.19. The molecule has 2 amide bonds. The molecule has 4 rings (SSSR count). The highest BCUT2D eigenvalue weighted by atomic mass is 32.2. The zero-order valence-corrected chi connectivity index (χ0v) is 22.0. The summed E-state index contributed by atoms with van der Waals surface area (Å²) in [7, 11) is 0. The number of nitrogens with one attached hydrogen (secondary N) is 1. The van der Waals surface area contributed by atoms with Gasteiger partial charge in [-0.1, -0.05) is 41.6 Å². The summed E-state index contributed by atoms with van der Waals surface area (Å²) < 4.78 is 0. The SMILES string of the molecule is CC(=O)c1ccc(N=C2S[C@@H](CC(=O)Nc3c(C)cccc3C)C(=O)N2CCC2=CCCCC2)cc1. The van der Waals surface area contributed by atoms with Gasteiger partial charge in [0.2, 0.25) is 11.8 Å². The van der Waals surface area contributed by atoms with Gasteiger partial charge in [0.15, 0.2) is 11.0 Å². The second kappa shape index (κ2) is 11.7. The Bertz CT molecular complexity index is 1200. The molecule has 2 aromatic carbocycles. The number of carbonyl (C=O) groups excluding carboxylic acids is 3. The zero-order valence-electron chi connectivity index (χ0n) is 21.2. The number of amidine groups is 1. The maximum Gasteiger partial charge on any atom is 0.242 e. The second-order valence-electron chi connectivity index (χ2n) is 9.47. The number of hydrogen-bond donors (Lipinski definition) is 1. The Balaban J connectivity index is 1.51. The maximum atomic E-state index is 13.4. The van der Waals surface area contributed by atoms with Crippen LogP contribution >= 0.6 is 11.8 Å². The van der Waals surface area contributed by atoms with E-state index >= 15 is 0 Å². The van der Waals surface area contributed by atoms with Gasteiger partial charge in [-0.3, -0.25) is 19.3 Å². The van der Waals surface area contributed by atoms with Crippen molar-refractivity contribution in [3.63, 3.8) is 0 Å². The number of Topliss-reactive ketones (excluding diaryl/α,β-unsaturated/α-hetero) is 1. The van der Waals surface area contributed by atoms with Crippen molar-refractivity contribution in [2.45, 2.75) is 64.5 Å². The molecule has 0 saturated carbocycles. The first-order valence-corrected chi connectivity index (χ1v) is 13.4. The topological polar surface area (TPSA) is 78.8 Å². The lowest BCUT2D eigenvalue weighted by Crippen LogP contribution is -2.34. The molecule has 1 fully saturated rings. The van der Waals surface area contributed by atoms with Gasteiger partial charge in [0.1, 0.15) is 5.25 Å². The average Bonchev–Trinajstić information content (AvgIpc) is 3.14. The van der Waals surface area contributed by atoms with Crippen molar-refractivity contribution in [2.75, 3.05) is 11.9 Å². The third kappa shape index (κ3) is 6.32. The quantitative estimate of drug-likeness (QED) is 0.336. The number of nitrogens with zero attached hydrogens (tertiary/aromatic N) is 2. The molecule has 7 heteroatoms. The molecule has 2 aromatic rings. The van der Waals surface area contributed by atoms with E-state index in [1.807, 2.05) is 32.0 Å². The minimum atomic E-state index is -0.523. The number of hydrogen-bond acceptors (Lipinski definition) is 5. The summed E-state index contributed by atoms with van der Waals surface area (Å²) in [5.74, 6) is -0.260. The van der Waals surface area contributed by atoms with Gasteiger partial charge in [-0.25, -0.2) is 4.99 Å². The minimum absolute atomic E-state index is 0.00280. The molecule has 0 unspecified atom stereocenters. The van der Waals surface area contributed by atoms with E-state index < -0.39 is 5.25 Å². The lowest BCUT2D eigenvalue weighted by molar-refractivity contribution is -0.128. The van der Waals surface area contributed by atoms with E-state index in [4.69, 9.17) is 4.99 Å². The fourth-order valence-electron chi connectivity index (χ4n) is 4.57. The first-order valence-electron chi connectivity index (χ1n) is 12.5. The number of para-hydroxylation sites is 1. The average molecular weight is 504 g/mol. The van der Waals surface area contributed by atoms with Crippen LogP contribution < -0.4 is 5.32 Å². The molecule has 0 radical (unpaired) electrons. The molecule has 1 aliphatic carbocycles. The van der Waals surface area contributed by atoms with Gasteiger partial charge >= 0.3 is 0 Å². The second-order valence-corrected chi connectivity index (χ2v) is 10.6.